The second-order valence-corrected chi connectivity index (χ2v) is 3.80. The van der Waals surface area contributed by atoms with E-state index in [2.05, 4.69) is 0 Å². The first-order valence-corrected chi connectivity index (χ1v) is 5.46. The molecule has 2 nitrogen and oxygen atoms in total. The number of hydrogen-bond donors (Lipinski definition) is 1. The summed E-state index contributed by atoms with van der Waals surface area (Å²) in [7, 11) is 0. The van der Waals surface area contributed by atoms with Crippen LogP contribution < -0.4 is 0 Å². The van der Waals surface area contributed by atoms with Crippen LogP contribution in [0.3, 0.4) is 0 Å². The summed E-state index contributed by atoms with van der Waals surface area (Å²) < 4.78 is 38.4. The van der Waals surface area contributed by atoms with E-state index >= 15 is 0 Å². The maximum atomic E-state index is 12.8. The van der Waals surface area contributed by atoms with E-state index in [1.165, 1.54) is 18.2 Å². The van der Waals surface area contributed by atoms with Crippen LogP contribution in [0, 0.1) is 0 Å². The smallest absolute Gasteiger partial charge is 0.416 e. The Bertz CT molecular complexity index is 462. The van der Waals surface area contributed by atoms with E-state index < -0.39 is 17.7 Å². The predicted molar refractivity (Wildman–Crippen MR) is 62.0 cm³/mol. The predicted octanol–water partition coefficient (Wildman–Crippen LogP) is 3.97. The maximum Gasteiger partial charge on any atom is 0.416 e. The van der Waals surface area contributed by atoms with Gasteiger partial charge >= 0.3 is 12.1 Å². The second-order valence-electron chi connectivity index (χ2n) is 3.80. The molecule has 0 atom stereocenters. The fourth-order valence-corrected chi connectivity index (χ4v) is 1.71. The van der Waals surface area contributed by atoms with Gasteiger partial charge < -0.3 is 5.11 Å². The van der Waals surface area contributed by atoms with Crippen molar-refractivity contribution < 1.29 is 23.1 Å². The number of carboxylic acid groups (broad SMARTS) is 1. The molecule has 0 spiro atoms. The summed E-state index contributed by atoms with van der Waals surface area (Å²) in [5, 5.41) is 8.71. The number of carbonyl (C=O) groups is 1. The monoisotopic (exact) mass is 258 g/mol. The van der Waals surface area contributed by atoms with Crippen molar-refractivity contribution in [1.29, 1.82) is 0 Å². The minimum atomic E-state index is -4.48. The average Bonchev–Trinajstić information content (AvgIpc) is 2.27. The largest absolute Gasteiger partial charge is 0.478 e. The molecule has 0 saturated heterocycles. The van der Waals surface area contributed by atoms with Gasteiger partial charge in [-0.25, -0.2) is 4.79 Å². The molecule has 0 aliphatic rings. The summed E-state index contributed by atoms with van der Waals surface area (Å²) in [6.07, 6.45) is -2.78. The molecule has 1 aromatic rings. The lowest BCUT2D eigenvalue weighted by atomic mass is 9.95. The Morgan fingerprint density at radius 2 is 1.94 bits per heavy atom. The first kappa shape index (κ1) is 14.3. The molecule has 5 heteroatoms. The summed E-state index contributed by atoms with van der Waals surface area (Å²) in [5.74, 6) is -1.24. The van der Waals surface area contributed by atoms with Gasteiger partial charge in [-0.3, -0.25) is 0 Å². The number of carboxylic acids is 1. The highest BCUT2D eigenvalue weighted by Crippen LogP contribution is 2.36. The molecule has 0 fully saturated rings. The van der Waals surface area contributed by atoms with Gasteiger partial charge in [0.15, 0.2) is 0 Å². The van der Waals surface area contributed by atoms with E-state index in [9.17, 15) is 18.0 Å². The Kier molecular flexibility index (Phi) is 4.53. The van der Waals surface area contributed by atoms with Gasteiger partial charge in [-0.05, 0) is 23.6 Å². The first-order chi connectivity index (χ1) is 8.36. The standard InChI is InChI=1S/C13H13F3O2/c1-2-5-9(8-12(17)18)10-6-3-4-7-11(10)13(14,15)16/h3-4,6-8H,2,5H2,1H3,(H,17,18)/b9-8+. The molecule has 18 heavy (non-hydrogen) atoms. The topological polar surface area (TPSA) is 37.3 Å². The van der Waals surface area contributed by atoms with Gasteiger partial charge in [0.05, 0.1) is 5.56 Å². The molecule has 0 amide bonds. The van der Waals surface area contributed by atoms with Crippen LogP contribution in [0.2, 0.25) is 0 Å². The highest BCUT2D eigenvalue weighted by atomic mass is 19.4. The van der Waals surface area contributed by atoms with Crippen molar-refractivity contribution in [3.63, 3.8) is 0 Å². The molecule has 0 saturated carbocycles. The molecule has 1 aromatic carbocycles. The summed E-state index contributed by atoms with van der Waals surface area (Å²) in [5.41, 5.74) is -0.668. The SMILES string of the molecule is CCC/C(=C\C(=O)O)c1ccccc1C(F)(F)F. The average molecular weight is 258 g/mol. The van der Waals surface area contributed by atoms with Gasteiger partial charge in [-0.1, -0.05) is 31.5 Å². The lowest BCUT2D eigenvalue weighted by molar-refractivity contribution is -0.138. The Morgan fingerprint density at radius 3 is 2.44 bits per heavy atom. The zero-order valence-corrected chi connectivity index (χ0v) is 9.79. The molecule has 0 radical (unpaired) electrons. The molecule has 0 unspecified atom stereocenters. The van der Waals surface area contributed by atoms with Crippen molar-refractivity contribution in [3.8, 4) is 0 Å². The normalized spacial score (nSPS) is 12.6. The number of rotatable bonds is 4. The van der Waals surface area contributed by atoms with Crippen molar-refractivity contribution in [2.24, 2.45) is 0 Å². The number of allylic oxidation sites excluding steroid dienone is 1. The fraction of sp³-hybridized carbons (Fsp3) is 0.308. The maximum absolute atomic E-state index is 12.8. The lowest BCUT2D eigenvalue weighted by Crippen LogP contribution is -2.09. The van der Waals surface area contributed by atoms with Crippen LogP contribution in [0.1, 0.15) is 30.9 Å². The number of halogens is 3. The van der Waals surface area contributed by atoms with Crippen molar-refractivity contribution >= 4 is 11.5 Å². The zero-order chi connectivity index (χ0) is 13.8. The molecular weight excluding hydrogens is 245 g/mol. The second kappa shape index (κ2) is 5.71. The molecule has 0 heterocycles. The van der Waals surface area contributed by atoms with Gasteiger partial charge in [0.1, 0.15) is 0 Å². The third kappa shape index (κ3) is 3.61. The molecule has 98 valence electrons. The van der Waals surface area contributed by atoms with E-state index in [1.807, 2.05) is 0 Å². The van der Waals surface area contributed by atoms with E-state index in [0.717, 1.165) is 12.1 Å². The number of aliphatic carboxylic acids is 1. The van der Waals surface area contributed by atoms with Crippen molar-refractivity contribution in [2.45, 2.75) is 25.9 Å². The Balaban J connectivity index is 3.33. The first-order valence-electron chi connectivity index (χ1n) is 5.46. The third-order valence-corrected chi connectivity index (χ3v) is 2.40. The van der Waals surface area contributed by atoms with Crippen molar-refractivity contribution in [3.05, 3.63) is 41.5 Å². The number of alkyl halides is 3. The Hall–Kier alpha value is -1.78. The Morgan fingerprint density at radius 1 is 1.33 bits per heavy atom. The van der Waals surface area contributed by atoms with E-state index in [1.54, 1.807) is 6.92 Å². The minimum absolute atomic E-state index is 0.0609. The molecule has 0 bridgehead atoms. The van der Waals surface area contributed by atoms with Crippen molar-refractivity contribution in [1.82, 2.24) is 0 Å². The quantitative estimate of drug-likeness (QED) is 0.829. The summed E-state index contributed by atoms with van der Waals surface area (Å²) >= 11 is 0. The number of hydrogen-bond acceptors (Lipinski definition) is 1. The molecule has 0 aromatic heterocycles. The van der Waals surface area contributed by atoms with Gasteiger partial charge in [0.2, 0.25) is 0 Å². The zero-order valence-electron chi connectivity index (χ0n) is 9.79. The van der Waals surface area contributed by atoms with Crippen LogP contribution in [0.4, 0.5) is 13.2 Å². The molecule has 1 N–H and O–H groups in total. The van der Waals surface area contributed by atoms with Crippen LogP contribution in [0.5, 0.6) is 0 Å². The highest BCUT2D eigenvalue weighted by Gasteiger charge is 2.33. The molecule has 0 aliphatic carbocycles. The summed E-state index contributed by atoms with van der Waals surface area (Å²) in [6.45, 7) is 1.78. The van der Waals surface area contributed by atoms with E-state index in [0.29, 0.717) is 12.8 Å². The van der Waals surface area contributed by atoms with Crippen LogP contribution in [-0.2, 0) is 11.0 Å². The molecule has 0 aliphatic heterocycles. The van der Waals surface area contributed by atoms with E-state index in [-0.39, 0.29) is 11.1 Å². The number of benzene rings is 1. The third-order valence-electron chi connectivity index (χ3n) is 2.40. The van der Waals surface area contributed by atoms with Crippen LogP contribution in [0.25, 0.3) is 5.57 Å². The van der Waals surface area contributed by atoms with E-state index in [4.69, 9.17) is 5.11 Å². The van der Waals surface area contributed by atoms with Gasteiger partial charge in [0.25, 0.3) is 0 Å². The summed E-state index contributed by atoms with van der Waals surface area (Å²) in [4.78, 5) is 10.7. The minimum Gasteiger partial charge on any atom is -0.478 e. The molecular formula is C13H13F3O2. The molecule has 1 rings (SSSR count). The van der Waals surface area contributed by atoms with Gasteiger partial charge in [0, 0.05) is 6.08 Å². The van der Waals surface area contributed by atoms with Crippen LogP contribution in [-0.4, -0.2) is 11.1 Å². The van der Waals surface area contributed by atoms with Crippen LogP contribution >= 0.6 is 0 Å². The lowest BCUT2D eigenvalue weighted by Gasteiger charge is -2.14. The van der Waals surface area contributed by atoms with Crippen molar-refractivity contribution in [2.75, 3.05) is 0 Å². The van der Waals surface area contributed by atoms with Gasteiger partial charge in [-0.15, -0.1) is 0 Å². The fourth-order valence-electron chi connectivity index (χ4n) is 1.71. The summed E-state index contributed by atoms with van der Waals surface area (Å²) in [6, 6.07) is 5.01. The Labute approximate surface area is 103 Å². The van der Waals surface area contributed by atoms with Gasteiger partial charge in [-0.2, -0.15) is 13.2 Å². The van der Waals surface area contributed by atoms with Crippen LogP contribution in [0.15, 0.2) is 30.3 Å². The highest BCUT2D eigenvalue weighted by molar-refractivity contribution is 5.90.